The molecule has 0 atom stereocenters. The molecule has 0 saturated carbocycles. The van der Waals surface area contributed by atoms with Crippen molar-refractivity contribution in [1.82, 2.24) is 10.6 Å². The average Bonchev–Trinajstić information content (AvgIpc) is 2.26. The highest BCUT2D eigenvalue weighted by Gasteiger charge is 2.16. The van der Waals surface area contributed by atoms with Gasteiger partial charge >= 0.3 is 0 Å². The first-order valence-corrected chi connectivity index (χ1v) is 6.58. The Kier molecular flexibility index (Phi) is 6.46. The molecule has 1 heterocycles. The van der Waals surface area contributed by atoms with E-state index in [9.17, 15) is 9.18 Å². The van der Waals surface area contributed by atoms with Crippen LogP contribution in [0.3, 0.4) is 0 Å². The fourth-order valence-corrected chi connectivity index (χ4v) is 2.21. The predicted molar refractivity (Wildman–Crippen MR) is 73.7 cm³/mol. The highest BCUT2D eigenvalue weighted by Crippen LogP contribution is 2.17. The van der Waals surface area contributed by atoms with Crippen LogP contribution in [0.1, 0.15) is 0 Å². The Hall–Kier alpha value is -0.780. The molecule has 18 heavy (non-hydrogen) atoms. The van der Waals surface area contributed by atoms with Crippen LogP contribution in [0.5, 0.6) is 0 Å². The lowest BCUT2D eigenvalue weighted by Crippen LogP contribution is -2.48. The molecule has 1 amide bonds. The minimum Gasteiger partial charge on any atom is -0.355 e. The summed E-state index contributed by atoms with van der Waals surface area (Å²) in [5.41, 5.74) is 0. The summed E-state index contributed by atoms with van der Waals surface area (Å²) in [6.45, 7) is 2.73. The molecule has 1 fully saturated rings. The third kappa shape index (κ3) is 4.84. The van der Waals surface area contributed by atoms with Crippen LogP contribution in [-0.4, -0.2) is 31.3 Å². The fraction of sp³-hybridized carbons (Fsp3) is 0.417. The number of hydrogen-bond acceptors (Lipinski definition) is 3. The number of carbonyl (C=O) groups excluding carboxylic acids is 1. The number of benzene rings is 1. The molecule has 2 N–H and O–H groups in total. The van der Waals surface area contributed by atoms with Gasteiger partial charge in [0, 0.05) is 30.4 Å². The topological polar surface area (TPSA) is 41.1 Å². The first-order valence-electron chi connectivity index (χ1n) is 5.60. The van der Waals surface area contributed by atoms with Gasteiger partial charge in [0.1, 0.15) is 5.82 Å². The van der Waals surface area contributed by atoms with Gasteiger partial charge in [-0.2, -0.15) is 0 Å². The maximum atomic E-state index is 12.6. The van der Waals surface area contributed by atoms with Crippen LogP contribution in [0.2, 0.25) is 0 Å². The lowest BCUT2D eigenvalue weighted by atomic mass is 10.0. The summed E-state index contributed by atoms with van der Waals surface area (Å²) in [5.74, 6) is 0.739. The van der Waals surface area contributed by atoms with E-state index in [4.69, 9.17) is 0 Å². The maximum Gasteiger partial charge on any atom is 0.230 e. The van der Waals surface area contributed by atoms with Gasteiger partial charge in [-0.15, -0.1) is 24.2 Å². The molecular formula is C12H16ClFN2OS. The lowest BCUT2D eigenvalue weighted by molar-refractivity contribution is -0.118. The summed E-state index contributed by atoms with van der Waals surface area (Å²) in [6.07, 6.45) is 0. The number of rotatable bonds is 5. The minimum absolute atomic E-state index is 0. The van der Waals surface area contributed by atoms with Crippen LogP contribution in [0.15, 0.2) is 29.2 Å². The Labute approximate surface area is 116 Å². The third-order valence-corrected chi connectivity index (χ3v) is 3.65. The summed E-state index contributed by atoms with van der Waals surface area (Å²) < 4.78 is 12.6. The Balaban J connectivity index is 0.00000162. The van der Waals surface area contributed by atoms with E-state index in [1.54, 1.807) is 12.1 Å². The highest BCUT2D eigenvalue weighted by atomic mass is 35.5. The summed E-state index contributed by atoms with van der Waals surface area (Å²) in [4.78, 5) is 12.4. The van der Waals surface area contributed by atoms with Gasteiger partial charge in [0.05, 0.1) is 5.75 Å². The summed E-state index contributed by atoms with van der Waals surface area (Å²) in [6, 6.07) is 6.17. The first-order chi connectivity index (χ1) is 8.24. The van der Waals surface area contributed by atoms with Crippen LogP contribution >= 0.6 is 24.2 Å². The molecule has 0 radical (unpaired) electrons. The second-order valence-corrected chi connectivity index (χ2v) is 5.12. The Morgan fingerprint density at radius 1 is 1.39 bits per heavy atom. The molecule has 100 valence electrons. The zero-order valence-electron chi connectivity index (χ0n) is 9.82. The molecule has 1 aromatic rings. The SMILES string of the molecule is Cl.O=C(CSc1ccc(F)cc1)NCC1CNC1. The molecule has 1 aromatic carbocycles. The van der Waals surface area contributed by atoms with Gasteiger partial charge in [0.15, 0.2) is 0 Å². The van der Waals surface area contributed by atoms with Crippen LogP contribution < -0.4 is 10.6 Å². The molecule has 0 aliphatic carbocycles. The van der Waals surface area contributed by atoms with E-state index in [0.717, 1.165) is 24.5 Å². The molecule has 0 aromatic heterocycles. The van der Waals surface area contributed by atoms with E-state index in [0.29, 0.717) is 11.7 Å². The van der Waals surface area contributed by atoms with Gasteiger partial charge in [-0.05, 0) is 24.3 Å². The predicted octanol–water partition coefficient (Wildman–Crippen LogP) is 1.68. The number of hydrogen-bond donors (Lipinski definition) is 2. The van der Waals surface area contributed by atoms with E-state index >= 15 is 0 Å². The summed E-state index contributed by atoms with van der Waals surface area (Å²) >= 11 is 1.42. The Morgan fingerprint density at radius 3 is 2.61 bits per heavy atom. The van der Waals surface area contributed by atoms with E-state index < -0.39 is 0 Å². The molecule has 0 spiro atoms. The molecule has 1 aliphatic heterocycles. The van der Waals surface area contributed by atoms with Crippen molar-refractivity contribution in [3.8, 4) is 0 Å². The van der Waals surface area contributed by atoms with E-state index in [1.807, 2.05) is 0 Å². The van der Waals surface area contributed by atoms with Gasteiger partial charge in [-0.3, -0.25) is 4.79 Å². The van der Waals surface area contributed by atoms with Gasteiger partial charge in [-0.25, -0.2) is 4.39 Å². The first kappa shape index (κ1) is 15.3. The standard InChI is InChI=1S/C12H15FN2OS.ClH/c13-10-1-3-11(4-2-10)17-8-12(16)15-7-9-5-14-6-9;/h1-4,9,14H,5-8H2,(H,15,16);1H. The van der Waals surface area contributed by atoms with Crippen LogP contribution in [0.25, 0.3) is 0 Å². The highest BCUT2D eigenvalue weighted by molar-refractivity contribution is 8.00. The van der Waals surface area contributed by atoms with Crippen molar-refractivity contribution in [2.45, 2.75) is 4.90 Å². The number of nitrogens with one attached hydrogen (secondary N) is 2. The summed E-state index contributed by atoms with van der Waals surface area (Å²) in [5, 5.41) is 6.05. The van der Waals surface area contributed by atoms with Crippen LogP contribution in [-0.2, 0) is 4.79 Å². The second-order valence-electron chi connectivity index (χ2n) is 4.07. The third-order valence-electron chi connectivity index (χ3n) is 2.64. The quantitative estimate of drug-likeness (QED) is 0.811. The van der Waals surface area contributed by atoms with E-state index in [1.165, 1.54) is 23.9 Å². The molecule has 0 bridgehead atoms. The second kappa shape index (κ2) is 7.61. The molecule has 3 nitrogen and oxygen atoms in total. The van der Waals surface area contributed by atoms with Gasteiger partial charge in [-0.1, -0.05) is 0 Å². The normalized spacial score (nSPS) is 14.5. The van der Waals surface area contributed by atoms with Crippen molar-refractivity contribution in [3.05, 3.63) is 30.1 Å². The average molecular weight is 291 g/mol. The smallest absolute Gasteiger partial charge is 0.230 e. The van der Waals surface area contributed by atoms with Crippen molar-refractivity contribution in [1.29, 1.82) is 0 Å². The van der Waals surface area contributed by atoms with Gasteiger partial charge in [0.2, 0.25) is 5.91 Å². The number of carbonyl (C=O) groups is 1. The van der Waals surface area contributed by atoms with Gasteiger partial charge < -0.3 is 10.6 Å². The van der Waals surface area contributed by atoms with E-state index in [-0.39, 0.29) is 24.1 Å². The largest absolute Gasteiger partial charge is 0.355 e. The Morgan fingerprint density at radius 2 is 2.06 bits per heavy atom. The van der Waals surface area contributed by atoms with Gasteiger partial charge in [0.25, 0.3) is 0 Å². The van der Waals surface area contributed by atoms with Crippen molar-refractivity contribution >= 4 is 30.1 Å². The lowest BCUT2D eigenvalue weighted by Gasteiger charge is -2.27. The minimum atomic E-state index is -0.253. The zero-order valence-corrected chi connectivity index (χ0v) is 11.5. The fourth-order valence-electron chi connectivity index (χ4n) is 1.48. The van der Waals surface area contributed by atoms with Crippen molar-refractivity contribution in [2.24, 2.45) is 5.92 Å². The molecule has 1 aliphatic rings. The van der Waals surface area contributed by atoms with E-state index in [2.05, 4.69) is 10.6 Å². The monoisotopic (exact) mass is 290 g/mol. The molecule has 6 heteroatoms. The maximum absolute atomic E-state index is 12.6. The molecule has 1 saturated heterocycles. The summed E-state index contributed by atoms with van der Waals surface area (Å²) in [7, 11) is 0. The Bertz CT molecular complexity index is 384. The number of amides is 1. The van der Waals surface area contributed by atoms with Crippen LogP contribution in [0.4, 0.5) is 4.39 Å². The van der Waals surface area contributed by atoms with Crippen molar-refractivity contribution in [3.63, 3.8) is 0 Å². The molecule has 2 rings (SSSR count). The van der Waals surface area contributed by atoms with Crippen molar-refractivity contribution < 1.29 is 9.18 Å². The molecule has 0 unspecified atom stereocenters. The zero-order chi connectivity index (χ0) is 12.1. The van der Waals surface area contributed by atoms with Crippen LogP contribution in [0, 0.1) is 11.7 Å². The number of halogens is 2. The number of thioether (sulfide) groups is 1. The van der Waals surface area contributed by atoms with Crippen molar-refractivity contribution in [2.75, 3.05) is 25.4 Å². The molecular weight excluding hydrogens is 275 g/mol.